The number of anilines is 3. The van der Waals surface area contributed by atoms with Crippen LogP contribution in [0.5, 0.6) is 0 Å². The molecule has 0 amide bonds. The second kappa shape index (κ2) is 7.99. The number of nitrogens with one attached hydrogen (secondary N) is 3. The van der Waals surface area contributed by atoms with Crippen LogP contribution in [0.4, 0.5) is 17.1 Å². The van der Waals surface area contributed by atoms with Crippen LogP contribution in [-0.4, -0.2) is 61.8 Å². The fourth-order valence-corrected chi connectivity index (χ4v) is 2.99. The topological polar surface area (TPSA) is 104 Å². The quantitative estimate of drug-likeness (QED) is 0.405. The predicted molar refractivity (Wildman–Crippen MR) is 107 cm³/mol. The zero-order chi connectivity index (χ0) is 18.1. The van der Waals surface area contributed by atoms with Crippen molar-refractivity contribution in [3.05, 3.63) is 40.1 Å². The number of hydrogen-bond acceptors (Lipinski definition) is 6. The molecule has 0 bridgehead atoms. The molecule has 1 heterocycles. The Bertz CT molecular complexity index is 1050. The first-order chi connectivity index (χ1) is 12.0. The molecule has 0 spiro atoms. The molecule has 0 saturated carbocycles. The van der Waals surface area contributed by atoms with Gasteiger partial charge in [-0.25, -0.2) is 0 Å². The van der Waals surface area contributed by atoms with Crippen molar-refractivity contribution < 1.29 is 14.3 Å². The van der Waals surface area contributed by atoms with E-state index in [9.17, 15) is 14.7 Å². The van der Waals surface area contributed by atoms with Crippen LogP contribution in [0.3, 0.4) is 0 Å². The second-order valence-corrected chi connectivity index (χ2v) is 5.63. The van der Waals surface area contributed by atoms with E-state index in [1.165, 1.54) is 0 Å². The third-order valence-corrected chi connectivity index (χ3v) is 4.17. The van der Waals surface area contributed by atoms with Gasteiger partial charge in [0.25, 0.3) is 0 Å². The standard InChI is InChI=1S/C18H19N3O4.Na.H/c1-19-10-6-9(7-14(22)23)17-12(8-10)16(24)11-4-5-13(20-2)15(21-3)18(11)25-17;;/h4-6,8,19-21H,7H2,1-3H3,(H,22,23);;. The van der Waals surface area contributed by atoms with Crippen molar-refractivity contribution in [3.63, 3.8) is 0 Å². The van der Waals surface area contributed by atoms with Gasteiger partial charge in [0.05, 0.1) is 22.9 Å². The molecule has 0 unspecified atom stereocenters. The molecule has 26 heavy (non-hydrogen) atoms. The minimum absolute atomic E-state index is 0. The van der Waals surface area contributed by atoms with Gasteiger partial charge in [-0.2, -0.15) is 0 Å². The Hall–Kier alpha value is -2.22. The van der Waals surface area contributed by atoms with Crippen molar-refractivity contribution >= 4 is 74.5 Å². The molecule has 0 atom stereocenters. The predicted octanol–water partition coefficient (Wildman–Crippen LogP) is 2.05. The van der Waals surface area contributed by atoms with Crippen molar-refractivity contribution in [1.82, 2.24) is 0 Å². The number of hydrogen-bond donors (Lipinski definition) is 4. The van der Waals surface area contributed by atoms with Gasteiger partial charge in [0.2, 0.25) is 5.43 Å². The summed E-state index contributed by atoms with van der Waals surface area (Å²) in [5.41, 5.74) is 3.04. The molecule has 0 fully saturated rings. The average molecular weight is 365 g/mol. The molecule has 0 aliphatic rings. The van der Waals surface area contributed by atoms with Crippen molar-refractivity contribution in [2.75, 3.05) is 37.1 Å². The molecular weight excluding hydrogens is 345 g/mol. The van der Waals surface area contributed by atoms with Crippen molar-refractivity contribution in [1.29, 1.82) is 0 Å². The van der Waals surface area contributed by atoms with Crippen LogP contribution in [0.1, 0.15) is 5.56 Å². The summed E-state index contributed by atoms with van der Waals surface area (Å²) in [6, 6.07) is 6.87. The molecule has 2 aromatic carbocycles. The summed E-state index contributed by atoms with van der Waals surface area (Å²) >= 11 is 0. The molecular formula is C18H20N3NaO4. The van der Waals surface area contributed by atoms with E-state index in [0.717, 1.165) is 5.69 Å². The SMILES string of the molecule is CNc1cc(CC(=O)O)c2oc3c(NC)c(NC)ccc3c(=O)c2c1.[NaH]. The molecule has 0 aliphatic carbocycles. The second-order valence-electron chi connectivity index (χ2n) is 5.63. The molecule has 4 N–H and O–H groups in total. The van der Waals surface area contributed by atoms with Gasteiger partial charge in [-0.3, -0.25) is 9.59 Å². The zero-order valence-electron chi connectivity index (χ0n) is 14.2. The number of carbonyl (C=O) groups is 1. The summed E-state index contributed by atoms with van der Waals surface area (Å²) in [5.74, 6) is -0.991. The van der Waals surface area contributed by atoms with Crippen LogP contribution in [0.25, 0.3) is 21.9 Å². The minimum atomic E-state index is -0.991. The first-order valence-electron chi connectivity index (χ1n) is 7.81. The Morgan fingerprint density at radius 2 is 1.77 bits per heavy atom. The van der Waals surface area contributed by atoms with E-state index in [1.54, 1.807) is 45.4 Å². The average Bonchev–Trinajstić information content (AvgIpc) is 2.60. The van der Waals surface area contributed by atoms with E-state index in [-0.39, 0.29) is 41.4 Å². The Balaban J connectivity index is 0.00000243. The number of carboxylic acid groups (broad SMARTS) is 1. The van der Waals surface area contributed by atoms with Crippen LogP contribution in [0.15, 0.2) is 33.5 Å². The van der Waals surface area contributed by atoms with E-state index >= 15 is 0 Å². The molecule has 132 valence electrons. The molecule has 0 saturated heterocycles. The van der Waals surface area contributed by atoms with Crippen molar-refractivity contribution in [2.24, 2.45) is 0 Å². The van der Waals surface area contributed by atoms with E-state index in [0.29, 0.717) is 38.9 Å². The van der Waals surface area contributed by atoms with Crippen LogP contribution >= 0.6 is 0 Å². The van der Waals surface area contributed by atoms with Gasteiger partial charge in [-0.1, -0.05) is 0 Å². The molecule has 0 radical (unpaired) electrons. The van der Waals surface area contributed by atoms with E-state index in [4.69, 9.17) is 4.42 Å². The maximum absolute atomic E-state index is 13.0. The monoisotopic (exact) mass is 365 g/mol. The van der Waals surface area contributed by atoms with E-state index in [2.05, 4.69) is 16.0 Å². The van der Waals surface area contributed by atoms with Gasteiger partial charge in [-0.15, -0.1) is 0 Å². The first-order valence-corrected chi connectivity index (χ1v) is 7.81. The molecule has 3 aromatic rings. The molecule has 8 heteroatoms. The summed E-state index contributed by atoms with van der Waals surface area (Å²) in [6.45, 7) is 0. The van der Waals surface area contributed by atoms with Gasteiger partial charge in [0.15, 0.2) is 5.58 Å². The Morgan fingerprint density at radius 3 is 2.35 bits per heavy atom. The summed E-state index contributed by atoms with van der Waals surface area (Å²) in [7, 11) is 5.23. The number of aliphatic carboxylic acids is 1. The molecule has 3 rings (SSSR count). The fraction of sp³-hybridized carbons (Fsp3) is 0.222. The van der Waals surface area contributed by atoms with Gasteiger partial charge in [0.1, 0.15) is 11.3 Å². The normalized spacial score (nSPS) is 10.4. The molecule has 1 aromatic heterocycles. The zero-order valence-corrected chi connectivity index (χ0v) is 14.2. The summed E-state index contributed by atoms with van der Waals surface area (Å²) in [4.78, 5) is 24.2. The third-order valence-electron chi connectivity index (χ3n) is 4.17. The third kappa shape index (κ3) is 3.38. The van der Waals surface area contributed by atoms with Crippen LogP contribution in [-0.2, 0) is 11.2 Å². The maximum atomic E-state index is 13.0. The van der Waals surface area contributed by atoms with Crippen molar-refractivity contribution in [2.45, 2.75) is 6.42 Å². The van der Waals surface area contributed by atoms with Crippen LogP contribution in [0.2, 0.25) is 0 Å². The summed E-state index contributed by atoms with van der Waals surface area (Å²) in [5, 5.41) is 19.0. The Labute approximate surface area is 172 Å². The summed E-state index contributed by atoms with van der Waals surface area (Å²) in [6.07, 6.45) is -0.235. The Morgan fingerprint density at radius 1 is 1.04 bits per heavy atom. The van der Waals surface area contributed by atoms with E-state index in [1.807, 2.05) is 0 Å². The van der Waals surface area contributed by atoms with Crippen LogP contribution < -0.4 is 21.4 Å². The van der Waals surface area contributed by atoms with Gasteiger partial charge >= 0.3 is 35.5 Å². The fourth-order valence-electron chi connectivity index (χ4n) is 2.99. The number of rotatable bonds is 5. The van der Waals surface area contributed by atoms with Gasteiger partial charge in [-0.05, 0) is 24.3 Å². The Kier molecular flexibility index (Phi) is 6.17. The van der Waals surface area contributed by atoms with Crippen molar-refractivity contribution in [3.8, 4) is 0 Å². The number of carboxylic acids is 1. The van der Waals surface area contributed by atoms with E-state index < -0.39 is 5.97 Å². The molecule has 0 aliphatic heterocycles. The number of benzene rings is 2. The van der Waals surface area contributed by atoms with Crippen LogP contribution in [0, 0.1) is 0 Å². The number of fused-ring (bicyclic) bond motifs is 2. The summed E-state index contributed by atoms with van der Waals surface area (Å²) < 4.78 is 6.03. The van der Waals surface area contributed by atoms with Gasteiger partial charge in [0, 0.05) is 32.4 Å². The molecule has 7 nitrogen and oxygen atoms in total. The first kappa shape index (κ1) is 20.1. The van der Waals surface area contributed by atoms with Gasteiger partial charge < -0.3 is 25.5 Å².